The first-order valence-corrected chi connectivity index (χ1v) is 41.6. The van der Waals surface area contributed by atoms with Crippen LogP contribution < -0.4 is 0 Å². The van der Waals surface area contributed by atoms with Crippen LogP contribution in [0.15, 0.2) is 0 Å². The van der Waals surface area contributed by atoms with Crippen molar-refractivity contribution in [3.63, 3.8) is 0 Å². The number of rotatable bonds is 74. The van der Waals surface area contributed by atoms with Crippen LogP contribution >= 0.6 is 15.6 Å². The normalized spacial score (nSPS) is 14.0. The lowest BCUT2D eigenvalue weighted by Crippen LogP contribution is -2.30. The predicted octanol–water partition coefficient (Wildman–Crippen LogP) is 21.7. The van der Waals surface area contributed by atoms with Crippen LogP contribution in [0.3, 0.4) is 0 Å². The second kappa shape index (κ2) is 67.3. The third-order valence-corrected chi connectivity index (χ3v) is 19.2. The highest BCUT2D eigenvalue weighted by atomic mass is 31.2. The Morgan fingerprint density at radius 1 is 0.290 bits per heavy atom. The van der Waals surface area contributed by atoms with Gasteiger partial charge in [-0.05, 0) is 31.6 Å². The fraction of sp³-hybridized carbons (Fsp3) is 0.946. The minimum atomic E-state index is -4.95. The number of hydrogen-bond acceptors (Lipinski definition) is 15. The van der Waals surface area contributed by atoms with Gasteiger partial charge in [0.25, 0.3) is 0 Å². The highest BCUT2D eigenvalue weighted by molar-refractivity contribution is 7.47. The molecule has 0 aromatic rings. The van der Waals surface area contributed by atoms with Crippen molar-refractivity contribution < 1.29 is 80.2 Å². The van der Waals surface area contributed by atoms with E-state index < -0.39 is 97.5 Å². The molecular weight excluding hydrogens is 1220 g/mol. The summed E-state index contributed by atoms with van der Waals surface area (Å²) < 4.78 is 68.5. The van der Waals surface area contributed by atoms with Crippen molar-refractivity contribution in [2.75, 3.05) is 39.6 Å². The number of carbonyl (C=O) groups is 4. The van der Waals surface area contributed by atoms with Crippen LogP contribution in [-0.2, 0) is 65.4 Å². The van der Waals surface area contributed by atoms with E-state index in [9.17, 15) is 43.2 Å². The van der Waals surface area contributed by atoms with Crippen molar-refractivity contribution in [2.24, 2.45) is 5.92 Å². The van der Waals surface area contributed by atoms with E-state index in [1.807, 2.05) is 0 Å². The molecule has 0 fully saturated rings. The zero-order chi connectivity index (χ0) is 68.4. The van der Waals surface area contributed by atoms with E-state index in [1.54, 1.807) is 0 Å². The lowest BCUT2D eigenvalue weighted by atomic mass is 10.0. The zero-order valence-corrected chi connectivity index (χ0v) is 62.2. The molecule has 0 rings (SSSR count). The summed E-state index contributed by atoms with van der Waals surface area (Å²) in [6, 6.07) is 0. The lowest BCUT2D eigenvalue weighted by molar-refractivity contribution is -0.161. The number of unbranched alkanes of at least 4 members (excludes halogenated alkanes) is 46. The Labute approximate surface area is 568 Å². The molecular formula is C74H144O17P2. The van der Waals surface area contributed by atoms with E-state index in [1.165, 1.54) is 205 Å². The Balaban J connectivity index is 5.24. The van der Waals surface area contributed by atoms with Gasteiger partial charge >= 0.3 is 39.5 Å². The molecule has 17 nitrogen and oxygen atoms in total. The minimum absolute atomic E-state index is 0.107. The molecule has 0 spiro atoms. The van der Waals surface area contributed by atoms with Gasteiger partial charge in [0.2, 0.25) is 0 Å². The van der Waals surface area contributed by atoms with Gasteiger partial charge in [-0.15, -0.1) is 0 Å². The molecule has 0 radical (unpaired) electrons. The van der Waals surface area contributed by atoms with Crippen LogP contribution in [0.5, 0.6) is 0 Å². The predicted molar refractivity (Wildman–Crippen MR) is 377 cm³/mol. The van der Waals surface area contributed by atoms with Gasteiger partial charge in [-0.2, -0.15) is 0 Å². The largest absolute Gasteiger partial charge is 0.472 e. The maximum Gasteiger partial charge on any atom is 0.472 e. The Kier molecular flexibility index (Phi) is 65.9. The number of aliphatic hydroxyl groups is 1. The highest BCUT2D eigenvalue weighted by Crippen LogP contribution is 2.45. The van der Waals surface area contributed by atoms with Crippen LogP contribution in [-0.4, -0.2) is 96.7 Å². The van der Waals surface area contributed by atoms with Crippen LogP contribution in [0.2, 0.25) is 0 Å². The molecule has 0 aromatic carbocycles. The molecule has 2 unspecified atom stereocenters. The number of phosphoric acid groups is 2. The topological polar surface area (TPSA) is 237 Å². The summed E-state index contributed by atoms with van der Waals surface area (Å²) in [5.74, 6) is -1.41. The van der Waals surface area contributed by atoms with Gasteiger partial charge in [0.05, 0.1) is 26.4 Å². The average molecular weight is 1370 g/mol. The second-order valence-electron chi connectivity index (χ2n) is 27.2. The smallest absolute Gasteiger partial charge is 0.462 e. The standard InChI is InChI=1S/C74H144O17P2/c1-6-9-12-15-18-21-24-27-28-29-30-33-36-39-44-50-55-60-74(79)90-69(63-84-71(76)57-52-47-42-37-34-31-25-22-19-16-13-10-7-2)65-88-92(80,81)86-61-68(75)62-87-93(82,83)89-66-70(64-85-72(77)58-53-48-45-40-41-46-51-56-67(4)5)91-73(78)59-54-49-43-38-35-32-26-23-20-17-14-11-8-3/h67-70,75H,6-66H2,1-5H3,(H,80,81)(H,82,83)/t68-,69-,70-/m1/s1. The van der Waals surface area contributed by atoms with Gasteiger partial charge < -0.3 is 33.8 Å². The Hall–Kier alpha value is -1.94. The fourth-order valence-corrected chi connectivity index (χ4v) is 12.9. The molecule has 0 heterocycles. The lowest BCUT2D eigenvalue weighted by Gasteiger charge is -2.21. The van der Waals surface area contributed by atoms with E-state index in [4.69, 9.17) is 37.0 Å². The molecule has 0 aliphatic heterocycles. The summed E-state index contributed by atoms with van der Waals surface area (Å²) in [6.45, 7) is 7.23. The molecule has 0 bridgehead atoms. The Morgan fingerprint density at radius 2 is 0.495 bits per heavy atom. The number of hydrogen-bond donors (Lipinski definition) is 3. The first-order chi connectivity index (χ1) is 45.0. The van der Waals surface area contributed by atoms with E-state index in [2.05, 4.69) is 34.6 Å². The molecule has 0 amide bonds. The number of phosphoric ester groups is 2. The van der Waals surface area contributed by atoms with Crippen molar-refractivity contribution in [1.29, 1.82) is 0 Å². The molecule has 3 N–H and O–H groups in total. The van der Waals surface area contributed by atoms with Crippen molar-refractivity contribution in [2.45, 2.75) is 406 Å². The summed E-state index contributed by atoms with van der Waals surface area (Å²) in [7, 11) is -9.91. The van der Waals surface area contributed by atoms with E-state index in [0.717, 1.165) is 96.3 Å². The molecule has 19 heteroatoms. The van der Waals surface area contributed by atoms with Gasteiger partial charge in [0.15, 0.2) is 12.2 Å². The highest BCUT2D eigenvalue weighted by Gasteiger charge is 2.30. The first kappa shape index (κ1) is 91.1. The maximum atomic E-state index is 13.1. The number of aliphatic hydroxyl groups excluding tert-OH is 1. The van der Waals surface area contributed by atoms with Crippen LogP contribution in [0.25, 0.3) is 0 Å². The molecule has 0 aromatic heterocycles. The van der Waals surface area contributed by atoms with Gasteiger partial charge in [-0.25, -0.2) is 9.13 Å². The molecule has 5 atom stereocenters. The van der Waals surface area contributed by atoms with Crippen LogP contribution in [0.4, 0.5) is 0 Å². The van der Waals surface area contributed by atoms with Gasteiger partial charge in [-0.1, -0.05) is 336 Å². The summed E-state index contributed by atoms with van der Waals surface area (Å²) in [6.07, 6.45) is 55.4. The summed E-state index contributed by atoms with van der Waals surface area (Å²) in [4.78, 5) is 72.7. The fourth-order valence-electron chi connectivity index (χ4n) is 11.4. The first-order valence-electron chi connectivity index (χ1n) is 38.6. The SMILES string of the molecule is CCCCCCCCCCCCCCCCCCCC(=O)O[C@H](COC(=O)CCCCCCCCCCCCCCC)COP(=O)(O)OC[C@@H](O)COP(=O)(O)OC[C@@H](COC(=O)CCCCCCCCCC(C)C)OC(=O)CCCCCCCCCCCCCCC. The number of ether oxygens (including phenoxy) is 4. The number of esters is 4. The quantitative estimate of drug-likeness (QED) is 0.0222. The van der Waals surface area contributed by atoms with Gasteiger partial charge in [0.1, 0.15) is 19.3 Å². The van der Waals surface area contributed by atoms with Gasteiger partial charge in [0, 0.05) is 25.7 Å². The minimum Gasteiger partial charge on any atom is -0.462 e. The molecule has 93 heavy (non-hydrogen) atoms. The summed E-state index contributed by atoms with van der Waals surface area (Å²) in [5, 5.41) is 10.6. The number of carbonyl (C=O) groups excluding carboxylic acids is 4. The third kappa shape index (κ3) is 68.4. The second-order valence-corrected chi connectivity index (χ2v) is 30.1. The molecule has 0 saturated heterocycles. The summed E-state index contributed by atoms with van der Waals surface area (Å²) >= 11 is 0. The monoisotopic (exact) mass is 1370 g/mol. The van der Waals surface area contributed by atoms with Crippen LogP contribution in [0.1, 0.15) is 388 Å². The van der Waals surface area contributed by atoms with E-state index >= 15 is 0 Å². The Morgan fingerprint density at radius 3 is 0.731 bits per heavy atom. The van der Waals surface area contributed by atoms with Crippen molar-refractivity contribution in [1.82, 2.24) is 0 Å². The van der Waals surface area contributed by atoms with Crippen molar-refractivity contribution >= 4 is 39.5 Å². The van der Waals surface area contributed by atoms with Gasteiger partial charge in [-0.3, -0.25) is 37.3 Å². The van der Waals surface area contributed by atoms with Crippen molar-refractivity contribution in [3.8, 4) is 0 Å². The average Bonchev–Trinajstić information content (AvgIpc) is 1.81. The maximum absolute atomic E-state index is 13.1. The Bertz CT molecular complexity index is 1790. The molecule has 552 valence electrons. The third-order valence-electron chi connectivity index (χ3n) is 17.3. The van der Waals surface area contributed by atoms with Crippen molar-refractivity contribution in [3.05, 3.63) is 0 Å². The van der Waals surface area contributed by atoms with Crippen LogP contribution in [0, 0.1) is 5.92 Å². The summed E-state index contributed by atoms with van der Waals surface area (Å²) in [5.41, 5.74) is 0. The molecule has 0 aliphatic carbocycles. The van der Waals surface area contributed by atoms with E-state index in [-0.39, 0.29) is 25.7 Å². The zero-order valence-electron chi connectivity index (χ0n) is 60.4. The molecule has 0 saturated carbocycles. The molecule has 0 aliphatic rings. The van der Waals surface area contributed by atoms with E-state index in [0.29, 0.717) is 31.6 Å².